The third-order valence-electron chi connectivity index (χ3n) is 6.70. The molecular weight excluding hydrogens is 463 g/mol. The van der Waals surface area contributed by atoms with E-state index in [0.29, 0.717) is 22.1 Å². The number of hydrogen-bond acceptors (Lipinski definition) is 5. The fourth-order valence-electron chi connectivity index (χ4n) is 4.75. The van der Waals surface area contributed by atoms with Gasteiger partial charge in [-0.05, 0) is 63.1 Å². The molecule has 0 aliphatic heterocycles. The highest BCUT2D eigenvalue weighted by molar-refractivity contribution is 5.78. The molecular formula is C28H35FN2O5. The summed E-state index contributed by atoms with van der Waals surface area (Å²) in [6.45, 7) is 10.3. The minimum absolute atomic E-state index is 0.0932. The van der Waals surface area contributed by atoms with Crippen molar-refractivity contribution in [3.8, 4) is 11.5 Å². The number of aromatic hydroxyl groups is 1. The van der Waals surface area contributed by atoms with Crippen LogP contribution in [-0.2, 0) is 6.42 Å². The van der Waals surface area contributed by atoms with E-state index >= 15 is 0 Å². The number of rotatable bonds is 10. The summed E-state index contributed by atoms with van der Waals surface area (Å²) in [7, 11) is 0. The first kappa shape index (κ1) is 27.2. The van der Waals surface area contributed by atoms with Crippen molar-refractivity contribution in [3.63, 3.8) is 0 Å². The lowest BCUT2D eigenvalue weighted by Crippen LogP contribution is -2.35. The van der Waals surface area contributed by atoms with Crippen LogP contribution in [0.3, 0.4) is 0 Å². The van der Waals surface area contributed by atoms with Gasteiger partial charge in [0, 0.05) is 11.5 Å². The van der Waals surface area contributed by atoms with Gasteiger partial charge in [0.2, 0.25) is 11.7 Å². The van der Waals surface area contributed by atoms with Crippen molar-refractivity contribution in [1.82, 2.24) is 9.55 Å². The van der Waals surface area contributed by atoms with Gasteiger partial charge in [-0.25, -0.2) is 9.36 Å². The normalized spacial score (nSPS) is 17.5. The van der Waals surface area contributed by atoms with Crippen molar-refractivity contribution in [2.45, 2.75) is 71.6 Å². The summed E-state index contributed by atoms with van der Waals surface area (Å²) in [4.78, 5) is 37.4. The second-order valence-electron chi connectivity index (χ2n) is 9.61. The van der Waals surface area contributed by atoms with E-state index in [2.05, 4.69) is 26.5 Å². The molecule has 1 aromatic carbocycles. The summed E-state index contributed by atoms with van der Waals surface area (Å²) < 4.78 is 20.2. The van der Waals surface area contributed by atoms with Crippen LogP contribution in [0.4, 0.5) is 4.39 Å². The average Bonchev–Trinajstić information content (AvgIpc) is 2.81. The summed E-state index contributed by atoms with van der Waals surface area (Å²) in [5, 5.41) is 11.1. The van der Waals surface area contributed by atoms with Crippen LogP contribution in [0.1, 0.15) is 81.1 Å². The molecule has 7 nitrogen and oxygen atoms in total. The lowest BCUT2D eigenvalue weighted by atomic mass is 9.73. The standard InChI is InChI=1S/C28H35FN2O5/c1-5-6-7-8-19-14-23(32)26(21-13-18(4)9-10-20(21)17(2)3)24(15-19)36-12-11-25(33)31-16-22(29)27(34)30-28(31)35/h13-16,20-21,32H,2,5-12H2,1,3-4H3,(H,30,34,35)/t20-,21+/m0/s1. The molecule has 8 heteroatoms. The van der Waals surface area contributed by atoms with E-state index in [1.807, 2.05) is 13.0 Å². The Bertz CT molecular complexity index is 1270. The maximum absolute atomic E-state index is 13.6. The largest absolute Gasteiger partial charge is 0.507 e. The number of carbonyl (C=O) groups is 1. The molecule has 194 valence electrons. The van der Waals surface area contributed by atoms with Crippen molar-refractivity contribution in [3.05, 3.63) is 79.9 Å². The molecule has 0 bridgehead atoms. The molecule has 0 amide bonds. The molecule has 2 atom stereocenters. The van der Waals surface area contributed by atoms with Crippen LogP contribution in [0.25, 0.3) is 0 Å². The van der Waals surface area contributed by atoms with E-state index in [9.17, 15) is 23.9 Å². The summed E-state index contributed by atoms with van der Waals surface area (Å²) in [6, 6.07) is 3.70. The van der Waals surface area contributed by atoms with Crippen molar-refractivity contribution in [2.75, 3.05) is 6.61 Å². The third kappa shape index (κ3) is 6.42. The van der Waals surface area contributed by atoms with Crippen LogP contribution in [0.15, 0.2) is 51.7 Å². The first-order chi connectivity index (χ1) is 17.1. The van der Waals surface area contributed by atoms with Gasteiger partial charge in [-0.2, -0.15) is 4.39 Å². The maximum atomic E-state index is 13.6. The Morgan fingerprint density at radius 3 is 2.75 bits per heavy atom. The third-order valence-corrected chi connectivity index (χ3v) is 6.70. The predicted octanol–water partition coefficient (Wildman–Crippen LogP) is 5.24. The van der Waals surface area contributed by atoms with Crippen LogP contribution in [0, 0.1) is 11.7 Å². The topological polar surface area (TPSA) is 101 Å². The van der Waals surface area contributed by atoms with E-state index in [1.54, 1.807) is 11.1 Å². The van der Waals surface area contributed by atoms with Crippen LogP contribution in [0.5, 0.6) is 11.5 Å². The Kier molecular flexibility index (Phi) is 9.07. The number of allylic oxidation sites excluding steroid dienone is 3. The number of nitrogens with zero attached hydrogens (tertiary/aromatic N) is 1. The summed E-state index contributed by atoms with van der Waals surface area (Å²) in [6.07, 6.45) is 8.29. The van der Waals surface area contributed by atoms with E-state index < -0.39 is 23.0 Å². The zero-order valence-electron chi connectivity index (χ0n) is 21.2. The van der Waals surface area contributed by atoms with Gasteiger partial charge in [0.25, 0.3) is 5.56 Å². The number of phenols is 1. The molecule has 1 aliphatic carbocycles. The van der Waals surface area contributed by atoms with Crippen LogP contribution < -0.4 is 16.0 Å². The van der Waals surface area contributed by atoms with Gasteiger partial charge in [0.05, 0.1) is 19.2 Å². The van der Waals surface area contributed by atoms with E-state index in [1.165, 1.54) is 5.57 Å². The van der Waals surface area contributed by atoms with Gasteiger partial charge in [-0.15, -0.1) is 0 Å². The molecule has 2 aromatic rings. The van der Waals surface area contributed by atoms with Gasteiger partial charge in [0.1, 0.15) is 11.5 Å². The lowest BCUT2D eigenvalue weighted by molar-refractivity contribution is 0.0872. The number of aryl methyl sites for hydroxylation is 1. The number of phenolic OH excluding ortho intramolecular Hbond substituents is 1. The highest BCUT2D eigenvalue weighted by atomic mass is 19.1. The molecule has 1 aliphatic rings. The molecule has 0 unspecified atom stereocenters. The smallest absolute Gasteiger partial charge is 0.335 e. The molecule has 36 heavy (non-hydrogen) atoms. The second-order valence-corrected chi connectivity index (χ2v) is 9.61. The number of unbranched alkanes of at least 4 members (excludes halogenated alkanes) is 2. The number of hydrogen-bond donors (Lipinski definition) is 2. The van der Waals surface area contributed by atoms with Gasteiger partial charge in [-0.1, -0.05) is 43.6 Å². The Morgan fingerprint density at radius 1 is 1.31 bits per heavy atom. The van der Waals surface area contributed by atoms with Crippen LogP contribution >= 0.6 is 0 Å². The number of nitrogens with one attached hydrogen (secondary N) is 1. The molecule has 1 aromatic heterocycles. The van der Waals surface area contributed by atoms with E-state index in [-0.39, 0.29) is 30.6 Å². The molecule has 2 N–H and O–H groups in total. The Morgan fingerprint density at radius 2 is 2.06 bits per heavy atom. The number of ether oxygens (including phenoxy) is 1. The zero-order valence-corrected chi connectivity index (χ0v) is 21.2. The number of halogens is 1. The average molecular weight is 499 g/mol. The van der Waals surface area contributed by atoms with Crippen LogP contribution in [0.2, 0.25) is 0 Å². The van der Waals surface area contributed by atoms with Gasteiger partial charge in [0.15, 0.2) is 0 Å². The molecule has 3 rings (SSSR count). The fraction of sp³-hybridized carbons (Fsp3) is 0.464. The first-order valence-electron chi connectivity index (χ1n) is 12.5. The number of H-pyrrole nitrogens is 1. The van der Waals surface area contributed by atoms with Crippen molar-refractivity contribution in [1.29, 1.82) is 0 Å². The molecule has 0 saturated heterocycles. The SMILES string of the molecule is C=C(C)[C@@H]1CCC(C)=C[C@H]1c1c(O)cc(CCCCC)cc1OCCC(=O)n1cc(F)c(=O)[nH]c1=O. The van der Waals surface area contributed by atoms with Crippen LogP contribution in [-0.4, -0.2) is 27.2 Å². The summed E-state index contributed by atoms with van der Waals surface area (Å²) >= 11 is 0. The van der Waals surface area contributed by atoms with E-state index in [0.717, 1.165) is 49.7 Å². The number of benzene rings is 1. The number of carbonyl (C=O) groups excluding carboxylic acids is 1. The Balaban J connectivity index is 1.90. The monoisotopic (exact) mass is 498 g/mol. The lowest BCUT2D eigenvalue weighted by Gasteiger charge is -2.32. The van der Waals surface area contributed by atoms with E-state index in [4.69, 9.17) is 4.74 Å². The van der Waals surface area contributed by atoms with Crippen molar-refractivity contribution >= 4 is 5.91 Å². The molecule has 0 radical (unpaired) electrons. The van der Waals surface area contributed by atoms with Gasteiger partial charge in [-0.3, -0.25) is 14.6 Å². The predicted molar refractivity (Wildman–Crippen MR) is 137 cm³/mol. The van der Waals surface area contributed by atoms with Gasteiger partial charge < -0.3 is 9.84 Å². The van der Waals surface area contributed by atoms with Gasteiger partial charge >= 0.3 is 5.69 Å². The summed E-state index contributed by atoms with van der Waals surface area (Å²) in [5.74, 6) is -1.29. The zero-order chi connectivity index (χ0) is 26.4. The maximum Gasteiger partial charge on any atom is 0.335 e. The minimum atomic E-state index is -1.22. The fourth-order valence-corrected chi connectivity index (χ4v) is 4.75. The minimum Gasteiger partial charge on any atom is -0.507 e. The quantitative estimate of drug-likeness (QED) is 0.345. The second kappa shape index (κ2) is 12.0. The number of aromatic amines is 1. The first-order valence-corrected chi connectivity index (χ1v) is 12.5. The molecule has 1 heterocycles. The Labute approximate surface area is 210 Å². The highest BCUT2D eigenvalue weighted by Crippen LogP contribution is 2.47. The molecule has 0 spiro atoms. The highest BCUT2D eigenvalue weighted by Gasteiger charge is 2.30. The van der Waals surface area contributed by atoms with Crippen molar-refractivity contribution < 1.29 is 19.0 Å². The molecule has 0 fully saturated rings. The Hall–Kier alpha value is -3.42. The molecule has 0 saturated carbocycles. The van der Waals surface area contributed by atoms with Crippen molar-refractivity contribution in [2.24, 2.45) is 5.92 Å². The number of aromatic nitrogens is 2. The summed E-state index contributed by atoms with van der Waals surface area (Å²) in [5.41, 5.74) is 1.66.